The number of aromatic nitrogens is 5. The maximum atomic E-state index is 12.1. The third-order valence-electron chi connectivity index (χ3n) is 2.76. The topological polar surface area (TPSA) is 77.1 Å². The lowest BCUT2D eigenvalue weighted by atomic mass is 10.4. The largest absolute Gasteiger partial charge is 0.372 e. The summed E-state index contributed by atoms with van der Waals surface area (Å²) in [5.74, 6) is 0.686. The van der Waals surface area contributed by atoms with Gasteiger partial charge < -0.3 is 5.32 Å². The van der Waals surface area contributed by atoms with E-state index in [4.69, 9.17) is 0 Å². The van der Waals surface area contributed by atoms with Gasteiger partial charge in [0.15, 0.2) is 5.65 Å². The lowest BCUT2D eigenvalue weighted by Gasteiger charge is -2.01. The zero-order valence-corrected chi connectivity index (χ0v) is 10.3. The molecule has 0 bridgehead atoms. The van der Waals surface area contributed by atoms with E-state index in [0.717, 1.165) is 0 Å². The Morgan fingerprint density at radius 1 is 1.26 bits per heavy atom. The van der Waals surface area contributed by atoms with Gasteiger partial charge in [-0.15, -0.1) is 5.10 Å². The van der Waals surface area contributed by atoms with E-state index in [1.54, 1.807) is 37.8 Å². The minimum atomic E-state index is -0.185. The third-order valence-corrected chi connectivity index (χ3v) is 2.76. The van der Waals surface area contributed by atoms with Crippen LogP contribution in [0.3, 0.4) is 0 Å². The fourth-order valence-corrected chi connectivity index (χ4v) is 1.79. The van der Waals surface area contributed by atoms with Crippen LogP contribution in [0, 0.1) is 0 Å². The van der Waals surface area contributed by atoms with Crippen molar-refractivity contribution < 1.29 is 0 Å². The molecule has 0 amide bonds. The first-order chi connectivity index (χ1) is 9.28. The summed E-state index contributed by atoms with van der Waals surface area (Å²) in [7, 11) is 1.77. The predicted molar refractivity (Wildman–Crippen MR) is 70.1 cm³/mol. The quantitative estimate of drug-likeness (QED) is 0.733. The summed E-state index contributed by atoms with van der Waals surface area (Å²) >= 11 is 0. The molecule has 3 aromatic rings. The molecular formula is C12H12N6O. The van der Waals surface area contributed by atoms with Crippen LogP contribution in [0.2, 0.25) is 0 Å². The summed E-state index contributed by atoms with van der Waals surface area (Å²) in [6.45, 7) is 0.303. The number of hydrogen-bond acceptors (Lipinski definition) is 5. The average Bonchev–Trinajstić information content (AvgIpc) is 2.77. The summed E-state index contributed by atoms with van der Waals surface area (Å²) in [6, 6.07) is 5.42. The number of nitrogens with zero attached hydrogens (tertiary/aromatic N) is 5. The summed E-state index contributed by atoms with van der Waals surface area (Å²) < 4.78 is 2.87. The molecule has 3 rings (SSSR count). The van der Waals surface area contributed by atoms with Crippen molar-refractivity contribution in [1.29, 1.82) is 0 Å². The molecule has 0 aromatic carbocycles. The van der Waals surface area contributed by atoms with Gasteiger partial charge in [-0.2, -0.15) is 0 Å². The monoisotopic (exact) mass is 256 g/mol. The van der Waals surface area contributed by atoms with Gasteiger partial charge in [0.25, 0.3) is 0 Å². The fraction of sp³-hybridized carbons (Fsp3) is 0.167. The number of nitrogens with one attached hydrogen (secondary N) is 1. The van der Waals surface area contributed by atoms with E-state index in [1.807, 2.05) is 6.07 Å². The van der Waals surface area contributed by atoms with E-state index in [9.17, 15) is 4.79 Å². The van der Waals surface area contributed by atoms with Gasteiger partial charge in [0, 0.05) is 13.2 Å². The van der Waals surface area contributed by atoms with E-state index in [0.29, 0.717) is 23.7 Å². The highest BCUT2D eigenvalue weighted by Crippen LogP contribution is 2.01. The van der Waals surface area contributed by atoms with Crippen LogP contribution in [0.1, 0.15) is 5.69 Å². The van der Waals surface area contributed by atoms with Crippen molar-refractivity contribution in [2.45, 2.75) is 6.54 Å². The molecule has 0 saturated heterocycles. The van der Waals surface area contributed by atoms with Crippen LogP contribution in [0.25, 0.3) is 5.65 Å². The lowest BCUT2D eigenvalue weighted by molar-refractivity contribution is 0.644. The molecule has 0 aliphatic heterocycles. The smallest absolute Gasteiger partial charge is 0.350 e. The fourth-order valence-electron chi connectivity index (χ4n) is 1.79. The van der Waals surface area contributed by atoms with Gasteiger partial charge in [-0.3, -0.25) is 9.38 Å². The summed E-state index contributed by atoms with van der Waals surface area (Å²) in [5.41, 5.74) is 1.12. The van der Waals surface area contributed by atoms with Crippen LogP contribution in [0.15, 0.2) is 41.6 Å². The Hall–Kier alpha value is -2.70. The summed E-state index contributed by atoms with van der Waals surface area (Å²) in [4.78, 5) is 20.4. The van der Waals surface area contributed by atoms with Crippen molar-refractivity contribution in [2.24, 2.45) is 0 Å². The lowest BCUT2D eigenvalue weighted by Crippen LogP contribution is -2.22. The summed E-state index contributed by atoms with van der Waals surface area (Å²) in [5, 5.41) is 7.12. The van der Waals surface area contributed by atoms with Crippen LogP contribution in [0.4, 0.5) is 5.82 Å². The molecule has 0 saturated carbocycles. The van der Waals surface area contributed by atoms with Gasteiger partial charge in [0.2, 0.25) is 0 Å². The Kier molecular flexibility index (Phi) is 2.71. The Morgan fingerprint density at radius 3 is 2.84 bits per heavy atom. The van der Waals surface area contributed by atoms with Crippen molar-refractivity contribution in [3.05, 3.63) is 53.0 Å². The van der Waals surface area contributed by atoms with Crippen LogP contribution < -0.4 is 11.0 Å². The van der Waals surface area contributed by atoms with Gasteiger partial charge in [-0.05, 0) is 12.1 Å². The molecule has 0 aliphatic rings. The highest BCUT2D eigenvalue weighted by atomic mass is 16.2. The number of hydrogen-bond donors (Lipinski definition) is 1. The van der Waals surface area contributed by atoms with Gasteiger partial charge in [-0.1, -0.05) is 6.07 Å². The minimum Gasteiger partial charge on any atom is -0.372 e. The SMILES string of the molecule is CNc1cnc(Cn2nc3ccccn3c2=O)cn1. The van der Waals surface area contributed by atoms with Gasteiger partial charge in [-0.25, -0.2) is 14.5 Å². The number of anilines is 1. The normalized spacial score (nSPS) is 10.8. The highest BCUT2D eigenvalue weighted by molar-refractivity contribution is 5.35. The Morgan fingerprint density at radius 2 is 2.16 bits per heavy atom. The second-order valence-corrected chi connectivity index (χ2v) is 4.01. The highest BCUT2D eigenvalue weighted by Gasteiger charge is 2.07. The molecule has 0 atom stereocenters. The standard InChI is InChI=1S/C12H12N6O/c1-13-10-7-14-9(6-15-10)8-18-12(19)17-5-3-2-4-11(17)16-18/h2-7H,8H2,1H3,(H,13,15). The molecule has 1 N–H and O–H groups in total. The second-order valence-electron chi connectivity index (χ2n) is 4.01. The molecular weight excluding hydrogens is 244 g/mol. The number of pyridine rings is 1. The van der Waals surface area contributed by atoms with Gasteiger partial charge in [0.1, 0.15) is 5.82 Å². The molecule has 0 spiro atoms. The average molecular weight is 256 g/mol. The van der Waals surface area contributed by atoms with Crippen LogP contribution in [-0.2, 0) is 6.54 Å². The first-order valence-corrected chi connectivity index (χ1v) is 5.81. The van der Waals surface area contributed by atoms with Crippen molar-refractivity contribution in [3.8, 4) is 0 Å². The minimum absolute atomic E-state index is 0.185. The Balaban J connectivity index is 1.96. The first kappa shape index (κ1) is 11.4. The molecule has 3 heterocycles. The molecule has 0 fully saturated rings. The molecule has 0 aliphatic carbocycles. The molecule has 0 unspecified atom stereocenters. The van der Waals surface area contributed by atoms with E-state index >= 15 is 0 Å². The van der Waals surface area contributed by atoms with Crippen molar-refractivity contribution in [1.82, 2.24) is 24.1 Å². The number of fused-ring (bicyclic) bond motifs is 1. The molecule has 3 aromatic heterocycles. The Bertz CT molecular complexity index is 758. The zero-order valence-electron chi connectivity index (χ0n) is 10.3. The van der Waals surface area contributed by atoms with E-state index in [1.165, 1.54) is 9.08 Å². The molecule has 7 heteroatoms. The maximum Gasteiger partial charge on any atom is 0.350 e. The van der Waals surface area contributed by atoms with E-state index < -0.39 is 0 Å². The predicted octanol–water partition coefficient (Wildman–Crippen LogP) is 0.376. The van der Waals surface area contributed by atoms with Crippen LogP contribution in [0.5, 0.6) is 0 Å². The first-order valence-electron chi connectivity index (χ1n) is 5.81. The van der Waals surface area contributed by atoms with Crippen molar-refractivity contribution in [3.63, 3.8) is 0 Å². The molecule has 96 valence electrons. The third kappa shape index (κ3) is 2.05. The van der Waals surface area contributed by atoms with Gasteiger partial charge in [0.05, 0.1) is 24.6 Å². The number of rotatable bonds is 3. The van der Waals surface area contributed by atoms with Gasteiger partial charge >= 0.3 is 5.69 Å². The van der Waals surface area contributed by atoms with E-state index in [2.05, 4.69) is 20.4 Å². The zero-order chi connectivity index (χ0) is 13.2. The Labute approximate surface area is 108 Å². The second kappa shape index (κ2) is 4.52. The molecule has 19 heavy (non-hydrogen) atoms. The van der Waals surface area contributed by atoms with E-state index in [-0.39, 0.29) is 5.69 Å². The molecule has 7 nitrogen and oxygen atoms in total. The molecule has 0 radical (unpaired) electrons. The van der Waals surface area contributed by atoms with Crippen LogP contribution in [-0.4, -0.2) is 31.2 Å². The maximum absolute atomic E-state index is 12.1. The van der Waals surface area contributed by atoms with Crippen molar-refractivity contribution in [2.75, 3.05) is 12.4 Å². The summed E-state index contributed by atoms with van der Waals surface area (Å²) in [6.07, 6.45) is 4.94. The van der Waals surface area contributed by atoms with Crippen molar-refractivity contribution >= 4 is 11.5 Å². The van der Waals surface area contributed by atoms with Crippen LogP contribution >= 0.6 is 0 Å².